The summed E-state index contributed by atoms with van der Waals surface area (Å²) >= 11 is 12.1. The Morgan fingerprint density at radius 3 is 2.87 bits per heavy atom. The minimum atomic E-state index is -0.178. The number of para-hydroxylation sites is 1. The number of fused-ring (bicyclic) bond motifs is 1. The summed E-state index contributed by atoms with van der Waals surface area (Å²) in [6, 6.07) is 13.0. The molecule has 0 bridgehead atoms. The minimum Gasteiger partial charge on any atom is -0.493 e. The number of ether oxygens (including phenoxy) is 1. The molecule has 0 radical (unpaired) electrons. The van der Waals surface area contributed by atoms with Gasteiger partial charge in [0.05, 0.1) is 22.7 Å². The number of amides is 1. The molecule has 0 aromatic heterocycles. The van der Waals surface area contributed by atoms with E-state index < -0.39 is 0 Å². The molecule has 5 heteroatoms. The molecule has 1 N–H and O–H groups in total. The van der Waals surface area contributed by atoms with Gasteiger partial charge in [0.2, 0.25) is 5.91 Å². The van der Waals surface area contributed by atoms with E-state index in [-0.39, 0.29) is 11.9 Å². The van der Waals surface area contributed by atoms with Gasteiger partial charge in [0.15, 0.2) is 0 Å². The third-order valence-electron chi connectivity index (χ3n) is 3.67. The standard InChI is InChI=1S/C18H15Cl2NO2/c19-14-6-3-4-12(18(14)20)8-9-17(22)21-15-10-11-23-16-7-2-1-5-13(15)16/h1-9,15H,10-11H2,(H,21,22)/b9-8+. The molecule has 0 spiro atoms. The summed E-state index contributed by atoms with van der Waals surface area (Å²) in [4.78, 5) is 12.2. The number of benzene rings is 2. The molecule has 1 amide bonds. The molecular formula is C18H15Cl2NO2. The maximum atomic E-state index is 12.2. The van der Waals surface area contributed by atoms with Crippen molar-refractivity contribution < 1.29 is 9.53 Å². The first kappa shape index (κ1) is 15.9. The van der Waals surface area contributed by atoms with Crippen LogP contribution in [0.1, 0.15) is 23.6 Å². The maximum Gasteiger partial charge on any atom is 0.244 e. The van der Waals surface area contributed by atoms with Crippen molar-refractivity contribution in [3.63, 3.8) is 0 Å². The average molecular weight is 348 g/mol. The van der Waals surface area contributed by atoms with E-state index in [2.05, 4.69) is 5.32 Å². The molecule has 0 aliphatic carbocycles. The van der Waals surface area contributed by atoms with E-state index in [4.69, 9.17) is 27.9 Å². The summed E-state index contributed by atoms with van der Waals surface area (Å²) in [7, 11) is 0. The lowest BCUT2D eigenvalue weighted by Gasteiger charge is -2.26. The number of nitrogens with one attached hydrogen (secondary N) is 1. The number of hydrogen-bond acceptors (Lipinski definition) is 2. The fourth-order valence-electron chi connectivity index (χ4n) is 2.53. The Kier molecular flexibility index (Phi) is 4.89. The van der Waals surface area contributed by atoms with Crippen molar-refractivity contribution in [1.29, 1.82) is 0 Å². The zero-order chi connectivity index (χ0) is 16.2. The summed E-state index contributed by atoms with van der Waals surface area (Å²) in [5.41, 5.74) is 1.71. The first-order chi connectivity index (χ1) is 11.1. The first-order valence-electron chi connectivity index (χ1n) is 7.29. The zero-order valence-corrected chi connectivity index (χ0v) is 13.8. The lowest BCUT2D eigenvalue weighted by molar-refractivity contribution is -0.117. The van der Waals surface area contributed by atoms with Crippen molar-refractivity contribution in [3.8, 4) is 5.75 Å². The van der Waals surface area contributed by atoms with Crippen LogP contribution in [0.15, 0.2) is 48.5 Å². The predicted molar refractivity (Wildman–Crippen MR) is 92.9 cm³/mol. The molecule has 0 saturated heterocycles. The molecule has 1 atom stereocenters. The van der Waals surface area contributed by atoms with Crippen LogP contribution in [0.5, 0.6) is 5.75 Å². The van der Waals surface area contributed by atoms with Crippen LogP contribution in [0.3, 0.4) is 0 Å². The highest BCUT2D eigenvalue weighted by Gasteiger charge is 2.21. The van der Waals surface area contributed by atoms with Crippen LogP contribution in [0.4, 0.5) is 0 Å². The smallest absolute Gasteiger partial charge is 0.244 e. The largest absolute Gasteiger partial charge is 0.493 e. The number of hydrogen-bond donors (Lipinski definition) is 1. The van der Waals surface area contributed by atoms with Crippen LogP contribution in [0.2, 0.25) is 10.0 Å². The van der Waals surface area contributed by atoms with Crippen molar-refractivity contribution in [2.75, 3.05) is 6.61 Å². The van der Waals surface area contributed by atoms with E-state index in [9.17, 15) is 4.79 Å². The molecule has 1 aliphatic heterocycles. The van der Waals surface area contributed by atoms with Gasteiger partial charge in [-0.15, -0.1) is 0 Å². The number of rotatable bonds is 3. The summed E-state index contributed by atoms with van der Waals surface area (Å²) in [6.45, 7) is 0.589. The first-order valence-corrected chi connectivity index (χ1v) is 8.05. The Morgan fingerprint density at radius 2 is 2.00 bits per heavy atom. The van der Waals surface area contributed by atoms with Crippen LogP contribution >= 0.6 is 23.2 Å². The normalized spacial score (nSPS) is 16.7. The molecule has 1 aliphatic rings. The SMILES string of the molecule is O=C(/C=C/c1cccc(Cl)c1Cl)NC1CCOc2ccccc21. The van der Waals surface area contributed by atoms with Gasteiger partial charge in [0.1, 0.15) is 5.75 Å². The van der Waals surface area contributed by atoms with Crippen LogP contribution < -0.4 is 10.1 Å². The van der Waals surface area contributed by atoms with E-state index >= 15 is 0 Å². The Labute approximate surface area is 144 Å². The highest BCUT2D eigenvalue weighted by molar-refractivity contribution is 6.42. The molecule has 0 saturated carbocycles. The monoisotopic (exact) mass is 347 g/mol. The van der Waals surface area contributed by atoms with Crippen LogP contribution in [-0.2, 0) is 4.79 Å². The molecule has 2 aromatic carbocycles. The molecule has 1 heterocycles. The topological polar surface area (TPSA) is 38.3 Å². The van der Waals surface area contributed by atoms with Crippen molar-refractivity contribution in [2.24, 2.45) is 0 Å². The lowest BCUT2D eigenvalue weighted by Crippen LogP contribution is -2.30. The summed E-state index contributed by atoms with van der Waals surface area (Å²) in [6.07, 6.45) is 3.87. The average Bonchev–Trinajstić information content (AvgIpc) is 2.56. The molecular weight excluding hydrogens is 333 g/mol. The van der Waals surface area contributed by atoms with Gasteiger partial charge in [-0.25, -0.2) is 0 Å². The summed E-state index contributed by atoms with van der Waals surface area (Å²) in [5, 5.41) is 3.90. The van der Waals surface area contributed by atoms with Crippen molar-refractivity contribution in [2.45, 2.75) is 12.5 Å². The fourth-order valence-corrected chi connectivity index (χ4v) is 2.90. The molecule has 0 fully saturated rings. The minimum absolute atomic E-state index is 0.0491. The second-order valence-electron chi connectivity index (χ2n) is 5.21. The third kappa shape index (κ3) is 3.69. The second-order valence-corrected chi connectivity index (χ2v) is 6.00. The molecule has 118 valence electrons. The molecule has 3 rings (SSSR count). The summed E-state index contributed by atoms with van der Waals surface area (Å²) < 4.78 is 5.59. The van der Waals surface area contributed by atoms with Gasteiger partial charge in [-0.05, 0) is 23.8 Å². The maximum absolute atomic E-state index is 12.2. The van der Waals surface area contributed by atoms with Crippen molar-refractivity contribution in [1.82, 2.24) is 5.32 Å². The highest BCUT2D eigenvalue weighted by atomic mass is 35.5. The third-order valence-corrected chi connectivity index (χ3v) is 4.50. The van der Waals surface area contributed by atoms with E-state index in [1.807, 2.05) is 30.3 Å². The van der Waals surface area contributed by atoms with Gasteiger partial charge in [0.25, 0.3) is 0 Å². The van der Waals surface area contributed by atoms with E-state index in [0.29, 0.717) is 22.2 Å². The Morgan fingerprint density at radius 1 is 1.17 bits per heavy atom. The van der Waals surface area contributed by atoms with Gasteiger partial charge in [-0.1, -0.05) is 53.5 Å². The number of halogens is 2. The zero-order valence-electron chi connectivity index (χ0n) is 12.3. The van der Waals surface area contributed by atoms with Crippen LogP contribution in [0.25, 0.3) is 6.08 Å². The van der Waals surface area contributed by atoms with E-state index in [0.717, 1.165) is 17.7 Å². The summed E-state index contributed by atoms with van der Waals surface area (Å²) in [5.74, 6) is 0.647. The van der Waals surface area contributed by atoms with Gasteiger partial charge in [0, 0.05) is 18.1 Å². The Bertz CT molecular complexity index is 758. The van der Waals surface area contributed by atoms with Gasteiger partial charge < -0.3 is 10.1 Å². The number of carbonyl (C=O) groups is 1. The predicted octanol–water partition coefficient (Wildman–Crippen LogP) is 4.65. The fraction of sp³-hybridized carbons (Fsp3) is 0.167. The van der Waals surface area contributed by atoms with Crippen LogP contribution in [0, 0.1) is 0 Å². The van der Waals surface area contributed by atoms with Crippen molar-refractivity contribution in [3.05, 3.63) is 69.7 Å². The molecule has 1 unspecified atom stereocenters. The second kappa shape index (κ2) is 7.07. The lowest BCUT2D eigenvalue weighted by atomic mass is 10.0. The number of carbonyl (C=O) groups excluding carboxylic acids is 1. The highest BCUT2D eigenvalue weighted by Crippen LogP contribution is 2.31. The molecule has 3 nitrogen and oxygen atoms in total. The van der Waals surface area contributed by atoms with E-state index in [1.165, 1.54) is 6.08 Å². The molecule has 2 aromatic rings. The van der Waals surface area contributed by atoms with Gasteiger partial charge >= 0.3 is 0 Å². The Hall–Kier alpha value is -1.97. The quantitative estimate of drug-likeness (QED) is 0.821. The molecule has 23 heavy (non-hydrogen) atoms. The van der Waals surface area contributed by atoms with Crippen LogP contribution in [-0.4, -0.2) is 12.5 Å². The van der Waals surface area contributed by atoms with E-state index in [1.54, 1.807) is 18.2 Å². The van der Waals surface area contributed by atoms with Gasteiger partial charge in [-0.2, -0.15) is 0 Å². The Balaban J connectivity index is 1.71. The van der Waals surface area contributed by atoms with Crippen molar-refractivity contribution >= 4 is 35.2 Å². The van der Waals surface area contributed by atoms with Gasteiger partial charge in [-0.3, -0.25) is 4.79 Å².